The Morgan fingerprint density at radius 1 is 1.00 bits per heavy atom. The van der Waals surface area contributed by atoms with Crippen molar-refractivity contribution in [1.82, 2.24) is 10.2 Å². The predicted molar refractivity (Wildman–Crippen MR) is 122 cm³/mol. The van der Waals surface area contributed by atoms with Gasteiger partial charge in [0.1, 0.15) is 6.04 Å². The van der Waals surface area contributed by atoms with E-state index in [1.807, 2.05) is 51.1 Å². The molecule has 0 spiro atoms. The molecule has 0 heterocycles. The van der Waals surface area contributed by atoms with Crippen LogP contribution in [0.15, 0.2) is 54.6 Å². The zero-order valence-corrected chi connectivity index (χ0v) is 18.7. The number of benzene rings is 2. The molecule has 4 nitrogen and oxygen atoms in total. The van der Waals surface area contributed by atoms with E-state index < -0.39 is 6.04 Å². The summed E-state index contributed by atoms with van der Waals surface area (Å²) < 4.78 is 0. The summed E-state index contributed by atoms with van der Waals surface area (Å²) in [5.74, 6) is 1.00. The Hall–Kier alpha value is -2.27. The van der Waals surface area contributed by atoms with Gasteiger partial charge in [-0.25, -0.2) is 0 Å². The standard InChI is InChI=1S/C24H32N2O2S/c1-5-19(3)25-24(28)20(4)26(15-21-9-7-6-8-10-21)23(27)17-29-16-22-13-11-18(2)12-14-22/h6-14,19-20H,5,15-17H2,1-4H3,(H,25,28). The van der Waals surface area contributed by atoms with E-state index in [0.29, 0.717) is 12.3 Å². The van der Waals surface area contributed by atoms with E-state index in [1.54, 1.807) is 16.7 Å². The van der Waals surface area contributed by atoms with Gasteiger partial charge in [0.15, 0.2) is 0 Å². The molecule has 0 aromatic heterocycles. The molecule has 2 unspecified atom stereocenters. The van der Waals surface area contributed by atoms with E-state index >= 15 is 0 Å². The largest absolute Gasteiger partial charge is 0.352 e. The highest BCUT2D eigenvalue weighted by Gasteiger charge is 2.26. The first-order chi connectivity index (χ1) is 13.9. The highest BCUT2D eigenvalue weighted by molar-refractivity contribution is 7.99. The molecule has 0 radical (unpaired) electrons. The summed E-state index contributed by atoms with van der Waals surface area (Å²) in [6.07, 6.45) is 0.859. The van der Waals surface area contributed by atoms with Crippen LogP contribution in [0.5, 0.6) is 0 Å². The molecule has 2 amide bonds. The number of nitrogens with zero attached hydrogens (tertiary/aromatic N) is 1. The third-order valence-corrected chi connectivity index (χ3v) is 5.97. The number of rotatable bonds is 10. The first-order valence-electron chi connectivity index (χ1n) is 10.2. The summed E-state index contributed by atoms with van der Waals surface area (Å²) >= 11 is 1.58. The van der Waals surface area contributed by atoms with Crippen LogP contribution in [0.1, 0.15) is 43.9 Å². The predicted octanol–water partition coefficient (Wildman–Crippen LogP) is 4.56. The molecule has 0 aliphatic carbocycles. The molecule has 0 bridgehead atoms. The summed E-state index contributed by atoms with van der Waals surface area (Å²) in [5, 5.41) is 3.00. The second kappa shape index (κ2) is 11.7. The molecule has 156 valence electrons. The molecule has 2 aromatic rings. The van der Waals surface area contributed by atoms with Gasteiger partial charge < -0.3 is 10.2 Å². The van der Waals surface area contributed by atoms with Crippen molar-refractivity contribution in [3.63, 3.8) is 0 Å². The Kier molecular flexibility index (Phi) is 9.26. The second-order valence-electron chi connectivity index (χ2n) is 7.48. The molecule has 5 heteroatoms. The second-order valence-corrected chi connectivity index (χ2v) is 8.47. The number of amides is 2. The van der Waals surface area contributed by atoms with Gasteiger partial charge in [0, 0.05) is 18.3 Å². The van der Waals surface area contributed by atoms with Crippen molar-refractivity contribution >= 4 is 23.6 Å². The molecule has 2 aromatic carbocycles. The van der Waals surface area contributed by atoms with Crippen molar-refractivity contribution in [1.29, 1.82) is 0 Å². The third-order valence-electron chi connectivity index (χ3n) is 4.98. The van der Waals surface area contributed by atoms with Gasteiger partial charge in [-0.15, -0.1) is 11.8 Å². The molecule has 0 saturated carbocycles. The van der Waals surface area contributed by atoms with Gasteiger partial charge in [0.2, 0.25) is 11.8 Å². The van der Waals surface area contributed by atoms with E-state index in [9.17, 15) is 9.59 Å². The van der Waals surface area contributed by atoms with Crippen LogP contribution in [0, 0.1) is 6.92 Å². The number of hydrogen-bond donors (Lipinski definition) is 1. The fourth-order valence-corrected chi connectivity index (χ4v) is 3.72. The van der Waals surface area contributed by atoms with Crippen molar-refractivity contribution < 1.29 is 9.59 Å². The SMILES string of the molecule is CCC(C)NC(=O)C(C)N(Cc1ccccc1)C(=O)CSCc1ccc(C)cc1. The lowest BCUT2D eigenvalue weighted by molar-refractivity contribution is -0.138. The fourth-order valence-electron chi connectivity index (χ4n) is 2.85. The van der Waals surface area contributed by atoms with Gasteiger partial charge in [-0.05, 0) is 38.3 Å². The number of carbonyl (C=O) groups is 2. The Bertz CT molecular complexity index is 777. The van der Waals surface area contributed by atoms with Crippen molar-refractivity contribution in [3.8, 4) is 0 Å². The monoisotopic (exact) mass is 412 g/mol. The molecule has 0 saturated heterocycles. The van der Waals surface area contributed by atoms with Crippen molar-refractivity contribution in [3.05, 3.63) is 71.3 Å². The highest BCUT2D eigenvalue weighted by atomic mass is 32.2. The summed E-state index contributed by atoms with van der Waals surface area (Å²) in [6, 6.07) is 17.8. The minimum atomic E-state index is -0.517. The number of carbonyl (C=O) groups excluding carboxylic acids is 2. The Morgan fingerprint density at radius 2 is 1.66 bits per heavy atom. The zero-order chi connectivity index (χ0) is 21.2. The third kappa shape index (κ3) is 7.58. The van der Waals surface area contributed by atoms with Crippen molar-refractivity contribution in [2.45, 2.75) is 58.5 Å². The molecule has 0 aliphatic heterocycles. The Balaban J connectivity index is 2.03. The molecular weight excluding hydrogens is 380 g/mol. The van der Waals surface area contributed by atoms with Gasteiger partial charge in [-0.2, -0.15) is 0 Å². The van der Waals surface area contributed by atoms with Crippen molar-refractivity contribution in [2.75, 3.05) is 5.75 Å². The number of nitrogens with one attached hydrogen (secondary N) is 1. The number of aryl methyl sites for hydroxylation is 1. The van der Waals surface area contributed by atoms with E-state index in [0.717, 1.165) is 17.7 Å². The van der Waals surface area contributed by atoms with E-state index in [1.165, 1.54) is 11.1 Å². The minimum absolute atomic E-state index is 0.0160. The maximum Gasteiger partial charge on any atom is 0.242 e. The van der Waals surface area contributed by atoms with Gasteiger partial charge in [-0.3, -0.25) is 9.59 Å². The first-order valence-corrected chi connectivity index (χ1v) is 11.3. The summed E-state index contributed by atoms with van der Waals surface area (Å²) in [5.41, 5.74) is 3.45. The van der Waals surface area contributed by atoms with Crippen LogP contribution in [-0.2, 0) is 21.9 Å². The summed E-state index contributed by atoms with van der Waals surface area (Å²) in [6.45, 7) is 8.31. The van der Waals surface area contributed by atoms with Crippen molar-refractivity contribution in [2.24, 2.45) is 0 Å². The van der Waals surface area contributed by atoms with Crippen LogP contribution in [0.3, 0.4) is 0 Å². The van der Waals surface area contributed by atoms with E-state index in [-0.39, 0.29) is 17.9 Å². The van der Waals surface area contributed by atoms with Crippen LogP contribution in [0.25, 0.3) is 0 Å². The van der Waals surface area contributed by atoms with Gasteiger partial charge in [-0.1, -0.05) is 67.1 Å². The smallest absolute Gasteiger partial charge is 0.242 e. The summed E-state index contributed by atoms with van der Waals surface area (Å²) in [7, 11) is 0. The van der Waals surface area contributed by atoms with Crippen LogP contribution >= 0.6 is 11.8 Å². The van der Waals surface area contributed by atoms with Crippen LogP contribution in [0.4, 0.5) is 0 Å². The lowest BCUT2D eigenvalue weighted by Gasteiger charge is -2.29. The average Bonchev–Trinajstić information content (AvgIpc) is 2.73. The number of thioether (sulfide) groups is 1. The minimum Gasteiger partial charge on any atom is -0.352 e. The Labute approximate surface area is 179 Å². The van der Waals surface area contributed by atoms with E-state index in [4.69, 9.17) is 0 Å². The maximum absolute atomic E-state index is 13.0. The molecule has 29 heavy (non-hydrogen) atoms. The lowest BCUT2D eigenvalue weighted by Crippen LogP contribution is -2.50. The van der Waals surface area contributed by atoms with Crippen LogP contribution < -0.4 is 5.32 Å². The lowest BCUT2D eigenvalue weighted by atomic mass is 10.1. The number of hydrogen-bond acceptors (Lipinski definition) is 3. The molecule has 2 atom stereocenters. The molecular formula is C24H32N2O2S. The topological polar surface area (TPSA) is 49.4 Å². The van der Waals surface area contributed by atoms with Crippen LogP contribution in [0.2, 0.25) is 0 Å². The average molecular weight is 413 g/mol. The van der Waals surface area contributed by atoms with Gasteiger partial charge in [0.25, 0.3) is 0 Å². The Morgan fingerprint density at radius 3 is 2.28 bits per heavy atom. The summed E-state index contributed by atoms with van der Waals surface area (Å²) in [4.78, 5) is 27.4. The van der Waals surface area contributed by atoms with Gasteiger partial charge in [0.05, 0.1) is 5.75 Å². The van der Waals surface area contributed by atoms with E-state index in [2.05, 4.69) is 36.5 Å². The normalized spacial score (nSPS) is 12.8. The van der Waals surface area contributed by atoms with Crippen LogP contribution in [-0.4, -0.2) is 34.6 Å². The fraction of sp³-hybridized carbons (Fsp3) is 0.417. The molecule has 0 aliphatic rings. The zero-order valence-electron chi connectivity index (χ0n) is 17.9. The molecule has 2 rings (SSSR count). The first kappa shape index (κ1) is 23.0. The molecule has 1 N–H and O–H groups in total. The maximum atomic E-state index is 13.0. The van der Waals surface area contributed by atoms with Gasteiger partial charge >= 0.3 is 0 Å². The highest BCUT2D eigenvalue weighted by Crippen LogP contribution is 2.16. The quantitative estimate of drug-likeness (QED) is 0.622. The molecule has 0 fully saturated rings.